The van der Waals surface area contributed by atoms with Crippen molar-refractivity contribution in [1.29, 1.82) is 0 Å². The second-order valence-corrected chi connectivity index (χ2v) is 6.10. The first-order chi connectivity index (χ1) is 12.2. The molecule has 0 aliphatic carbocycles. The summed E-state index contributed by atoms with van der Waals surface area (Å²) >= 11 is 0. The zero-order chi connectivity index (χ0) is 17.6. The molecule has 0 saturated carbocycles. The number of hydrogen-bond donors (Lipinski definition) is 0. The molecule has 3 rings (SSSR count). The summed E-state index contributed by atoms with van der Waals surface area (Å²) in [4.78, 5) is 10.8. The van der Waals surface area contributed by atoms with Crippen LogP contribution in [0.25, 0.3) is 0 Å². The minimum Gasteiger partial charge on any atom is -0.481 e. The van der Waals surface area contributed by atoms with Crippen LogP contribution in [0.2, 0.25) is 0 Å². The lowest BCUT2D eigenvalue weighted by molar-refractivity contribution is 0.0137. The van der Waals surface area contributed by atoms with E-state index >= 15 is 0 Å². The van der Waals surface area contributed by atoms with Gasteiger partial charge in [-0.3, -0.25) is 4.68 Å². The minimum absolute atomic E-state index is 0.122. The second kappa shape index (κ2) is 8.26. The van der Waals surface area contributed by atoms with Crippen molar-refractivity contribution in [3.05, 3.63) is 30.4 Å². The van der Waals surface area contributed by atoms with E-state index in [0.29, 0.717) is 19.1 Å². The molecule has 2 atom stereocenters. The first-order valence-corrected chi connectivity index (χ1v) is 8.42. The first-order valence-electron chi connectivity index (χ1n) is 8.42. The van der Waals surface area contributed by atoms with Crippen LogP contribution < -0.4 is 9.64 Å². The van der Waals surface area contributed by atoms with E-state index in [9.17, 15) is 0 Å². The van der Waals surface area contributed by atoms with Crippen molar-refractivity contribution in [2.75, 3.05) is 38.9 Å². The van der Waals surface area contributed by atoms with Gasteiger partial charge in [-0.25, -0.2) is 9.97 Å². The number of methoxy groups -OCH3 is 2. The van der Waals surface area contributed by atoms with Crippen molar-refractivity contribution < 1.29 is 14.2 Å². The van der Waals surface area contributed by atoms with Crippen LogP contribution in [-0.2, 0) is 22.9 Å². The Morgan fingerprint density at radius 1 is 1.24 bits per heavy atom. The molecule has 8 nitrogen and oxygen atoms in total. The molecule has 1 fully saturated rings. The highest BCUT2D eigenvalue weighted by Gasteiger charge is 2.36. The predicted molar refractivity (Wildman–Crippen MR) is 92.9 cm³/mol. The Labute approximate surface area is 147 Å². The van der Waals surface area contributed by atoms with E-state index in [1.54, 1.807) is 14.2 Å². The number of aryl methyl sites for hydroxylation is 1. The Morgan fingerprint density at radius 2 is 2.12 bits per heavy atom. The fourth-order valence-corrected chi connectivity index (χ4v) is 3.25. The summed E-state index contributed by atoms with van der Waals surface area (Å²) in [5.41, 5.74) is 1.18. The third-order valence-electron chi connectivity index (χ3n) is 4.44. The lowest BCUT2D eigenvalue weighted by atomic mass is 10.0. The number of nitrogens with zero attached hydrogens (tertiary/aromatic N) is 5. The van der Waals surface area contributed by atoms with Gasteiger partial charge in [0.15, 0.2) is 0 Å². The molecule has 1 aliphatic heterocycles. The maximum Gasteiger partial charge on any atom is 0.218 e. The Kier molecular flexibility index (Phi) is 5.83. The van der Waals surface area contributed by atoms with E-state index in [0.717, 1.165) is 25.2 Å². The molecule has 0 bridgehead atoms. The van der Waals surface area contributed by atoms with Crippen LogP contribution in [0.4, 0.5) is 5.82 Å². The molecule has 136 valence electrons. The standard InChI is InChI=1S/C17H25N5O3/c1-21-11-13(10-20-21)8-14-15(25-7-6-23-2)4-5-22(14)16-9-17(24-3)19-12-18-16/h9-12,14-15H,4-8H2,1-3H3/t14-,15+/m0/s1. The summed E-state index contributed by atoms with van der Waals surface area (Å²) in [5.74, 6) is 1.42. The molecule has 8 heteroatoms. The van der Waals surface area contributed by atoms with Crippen LogP contribution >= 0.6 is 0 Å². The van der Waals surface area contributed by atoms with Crippen molar-refractivity contribution in [1.82, 2.24) is 19.7 Å². The van der Waals surface area contributed by atoms with Crippen molar-refractivity contribution in [2.45, 2.75) is 25.0 Å². The zero-order valence-corrected chi connectivity index (χ0v) is 15.0. The van der Waals surface area contributed by atoms with Gasteiger partial charge in [-0.2, -0.15) is 5.10 Å². The van der Waals surface area contributed by atoms with Gasteiger partial charge in [-0.05, 0) is 18.4 Å². The molecule has 2 aromatic rings. The van der Waals surface area contributed by atoms with Crippen LogP contribution in [-0.4, -0.2) is 65.9 Å². The number of rotatable bonds is 8. The number of anilines is 1. The minimum atomic E-state index is 0.122. The van der Waals surface area contributed by atoms with Crippen molar-refractivity contribution in [3.8, 4) is 5.88 Å². The van der Waals surface area contributed by atoms with E-state index < -0.39 is 0 Å². The van der Waals surface area contributed by atoms with Gasteiger partial charge >= 0.3 is 0 Å². The van der Waals surface area contributed by atoms with Gasteiger partial charge in [0.2, 0.25) is 5.88 Å². The largest absolute Gasteiger partial charge is 0.481 e. The van der Waals surface area contributed by atoms with Gasteiger partial charge in [0, 0.05) is 33.0 Å². The Balaban J connectivity index is 1.79. The molecule has 1 aliphatic rings. The summed E-state index contributed by atoms with van der Waals surface area (Å²) in [7, 11) is 5.22. The molecule has 0 unspecified atom stereocenters. The quantitative estimate of drug-likeness (QED) is 0.661. The van der Waals surface area contributed by atoms with Gasteiger partial charge < -0.3 is 19.1 Å². The Morgan fingerprint density at radius 3 is 2.84 bits per heavy atom. The molecule has 1 saturated heterocycles. The maximum atomic E-state index is 6.07. The molecule has 25 heavy (non-hydrogen) atoms. The molecule has 0 amide bonds. The summed E-state index contributed by atoms with van der Waals surface area (Å²) in [6.07, 6.45) is 7.40. The van der Waals surface area contributed by atoms with Crippen LogP contribution in [0.3, 0.4) is 0 Å². The topological polar surface area (TPSA) is 74.5 Å². The number of hydrogen-bond acceptors (Lipinski definition) is 7. The van der Waals surface area contributed by atoms with E-state index in [-0.39, 0.29) is 12.1 Å². The van der Waals surface area contributed by atoms with Gasteiger partial charge in [0.25, 0.3) is 0 Å². The summed E-state index contributed by atoms with van der Waals surface area (Å²) in [6.45, 7) is 2.06. The van der Waals surface area contributed by atoms with Crippen molar-refractivity contribution in [2.24, 2.45) is 7.05 Å². The Bertz CT molecular complexity index is 678. The molecule has 3 heterocycles. The highest BCUT2D eigenvalue weighted by Crippen LogP contribution is 2.29. The molecule has 0 N–H and O–H groups in total. The number of aromatic nitrogens is 4. The zero-order valence-electron chi connectivity index (χ0n) is 15.0. The normalized spacial score (nSPS) is 20.2. The molecular weight excluding hydrogens is 322 g/mol. The van der Waals surface area contributed by atoms with Crippen LogP contribution in [0.5, 0.6) is 5.88 Å². The van der Waals surface area contributed by atoms with Crippen LogP contribution in [0.1, 0.15) is 12.0 Å². The van der Waals surface area contributed by atoms with E-state index in [1.807, 2.05) is 30.2 Å². The SMILES string of the molecule is COCCO[C@@H]1CCN(c2cc(OC)ncn2)[C@H]1Cc1cnn(C)c1. The maximum absolute atomic E-state index is 6.07. The smallest absolute Gasteiger partial charge is 0.218 e. The molecule has 2 aromatic heterocycles. The predicted octanol–water partition coefficient (Wildman–Crippen LogP) is 1.07. The second-order valence-electron chi connectivity index (χ2n) is 6.10. The summed E-state index contributed by atoms with van der Waals surface area (Å²) in [6, 6.07) is 2.05. The molecular formula is C17H25N5O3. The molecule has 0 spiro atoms. The molecule has 0 radical (unpaired) electrons. The van der Waals surface area contributed by atoms with Gasteiger partial charge in [0.1, 0.15) is 12.1 Å². The first kappa shape index (κ1) is 17.6. The fourth-order valence-electron chi connectivity index (χ4n) is 3.25. The van der Waals surface area contributed by atoms with Gasteiger partial charge in [-0.1, -0.05) is 0 Å². The van der Waals surface area contributed by atoms with Crippen molar-refractivity contribution in [3.63, 3.8) is 0 Å². The van der Waals surface area contributed by atoms with Gasteiger partial charge in [-0.15, -0.1) is 0 Å². The fraction of sp³-hybridized carbons (Fsp3) is 0.588. The van der Waals surface area contributed by atoms with E-state index in [1.165, 1.54) is 11.9 Å². The van der Waals surface area contributed by atoms with E-state index in [4.69, 9.17) is 14.2 Å². The third-order valence-corrected chi connectivity index (χ3v) is 4.44. The van der Waals surface area contributed by atoms with E-state index in [2.05, 4.69) is 20.0 Å². The number of ether oxygens (including phenoxy) is 3. The molecule has 0 aromatic carbocycles. The Hall–Kier alpha value is -2.19. The lowest BCUT2D eigenvalue weighted by Crippen LogP contribution is -2.39. The average molecular weight is 347 g/mol. The van der Waals surface area contributed by atoms with Gasteiger partial charge in [0.05, 0.1) is 38.7 Å². The van der Waals surface area contributed by atoms with Crippen molar-refractivity contribution >= 4 is 5.82 Å². The van der Waals surface area contributed by atoms with Crippen LogP contribution in [0, 0.1) is 0 Å². The highest BCUT2D eigenvalue weighted by molar-refractivity contribution is 5.44. The summed E-state index contributed by atoms with van der Waals surface area (Å²) in [5, 5.41) is 4.28. The lowest BCUT2D eigenvalue weighted by Gasteiger charge is -2.29. The summed E-state index contributed by atoms with van der Waals surface area (Å²) < 4.78 is 18.2. The third kappa shape index (κ3) is 4.26. The highest BCUT2D eigenvalue weighted by atomic mass is 16.5. The average Bonchev–Trinajstić information content (AvgIpc) is 3.22. The monoisotopic (exact) mass is 347 g/mol. The van der Waals surface area contributed by atoms with Crippen LogP contribution in [0.15, 0.2) is 24.8 Å².